The zero-order valence-corrected chi connectivity index (χ0v) is 9.94. The molecule has 1 unspecified atom stereocenters. The number of phenolic OH excluding ortho intramolecular Hbond substituents is 1. The number of hydrogen-bond donors (Lipinski definition) is 2. The summed E-state index contributed by atoms with van der Waals surface area (Å²) in [5.74, 6) is -0.409. The van der Waals surface area contributed by atoms with E-state index in [2.05, 4.69) is 5.32 Å². The molecule has 4 heteroatoms. The van der Waals surface area contributed by atoms with Crippen LogP contribution < -0.4 is 5.32 Å². The van der Waals surface area contributed by atoms with Crippen molar-refractivity contribution in [3.8, 4) is 5.75 Å². The number of phenols is 1. The molecular formula is C12H15ClFNO. The van der Waals surface area contributed by atoms with Crippen LogP contribution in [0.4, 0.5) is 4.39 Å². The van der Waals surface area contributed by atoms with Gasteiger partial charge in [-0.1, -0.05) is 11.6 Å². The Labute approximate surface area is 99.4 Å². The summed E-state index contributed by atoms with van der Waals surface area (Å²) in [7, 11) is 0. The molecule has 1 aromatic rings. The maximum atomic E-state index is 13.3. The lowest BCUT2D eigenvalue weighted by molar-refractivity contribution is 0.419. The maximum Gasteiger partial charge on any atom is 0.166 e. The minimum Gasteiger partial charge on any atom is -0.505 e. The smallest absolute Gasteiger partial charge is 0.166 e. The van der Waals surface area contributed by atoms with Gasteiger partial charge in [0.25, 0.3) is 0 Å². The molecule has 0 spiro atoms. The third kappa shape index (κ3) is 2.15. The van der Waals surface area contributed by atoms with E-state index in [4.69, 9.17) is 11.6 Å². The van der Waals surface area contributed by atoms with Crippen molar-refractivity contribution in [3.05, 3.63) is 28.0 Å². The van der Waals surface area contributed by atoms with E-state index in [1.165, 1.54) is 6.07 Å². The standard InChI is InChI=1S/C12H15ClFNO/c1-7-9(4-8-2-3-15-6-8)12(16)11(14)5-10(7)13/h5,8,15-16H,2-4,6H2,1H3. The molecule has 0 aliphatic carbocycles. The van der Waals surface area contributed by atoms with Crippen LogP contribution in [0.3, 0.4) is 0 Å². The summed E-state index contributed by atoms with van der Waals surface area (Å²) >= 11 is 5.91. The number of nitrogens with one attached hydrogen (secondary N) is 1. The second-order valence-electron chi connectivity index (χ2n) is 4.36. The van der Waals surface area contributed by atoms with Crippen molar-refractivity contribution in [2.75, 3.05) is 13.1 Å². The fourth-order valence-corrected chi connectivity index (χ4v) is 2.39. The summed E-state index contributed by atoms with van der Waals surface area (Å²) in [6.07, 6.45) is 1.75. The first-order valence-corrected chi connectivity index (χ1v) is 5.84. The summed E-state index contributed by atoms with van der Waals surface area (Å²) < 4.78 is 13.3. The first-order chi connectivity index (χ1) is 7.59. The molecule has 16 heavy (non-hydrogen) atoms. The summed E-state index contributed by atoms with van der Waals surface area (Å²) in [6.45, 7) is 3.74. The van der Waals surface area contributed by atoms with Crippen LogP contribution in [0.25, 0.3) is 0 Å². The van der Waals surface area contributed by atoms with Crippen molar-refractivity contribution < 1.29 is 9.50 Å². The molecule has 1 aromatic carbocycles. The molecule has 0 radical (unpaired) electrons. The SMILES string of the molecule is Cc1c(Cl)cc(F)c(O)c1CC1CCNC1. The minimum absolute atomic E-state index is 0.242. The third-order valence-corrected chi connectivity index (χ3v) is 3.62. The highest BCUT2D eigenvalue weighted by Gasteiger charge is 2.20. The molecule has 0 aromatic heterocycles. The molecule has 1 aliphatic rings. The van der Waals surface area contributed by atoms with Crippen LogP contribution in [0.5, 0.6) is 5.75 Å². The Morgan fingerprint density at radius 1 is 1.62 bits per heavy atom. The Balaban J connectivity index is 2.31. The van der Waals surface area contributed by atoms with Gasteiger partial charge in [0.1, 0.15) is 0 Å². The van der Waals surface area contributed by atoms with Gasteiger partial charge in [0.2, 0.25) is 0 Å². The highest BCUT2D eigenvalue weighted by atomic mass is 35.5. The van der Waals surface area contributed by atoms with Crippen molar-refractivity contribution in [1.82, 2.24) is 5.32 Å². The average Bonchev–Trinajstić information content (AvgIpc) is 2.74. The van der Waals surface area contributed by atoms with E-state index in [-0.39, 0.29) is 5.75 Å². The number of aromatic hydroxyl groups is 1. The van der Waals surface area contributed by atoms with Gasteiger partial charge in [0.15, 0.2) is 11.6 Å². The van der Waals surface area contributed by atoms with E-state index in [9.17, 15) is 9.50 Å². The molecule has 0 saturated carbocycles. The summed E-state index contributed by atoms with van der Waals surface area (Å²) in [5, 5.41) is 13.3. The van der Waals surface area contributed by atoms with Crippen molar-refractivity contribution in [3.63, 3.8) is 0 Å². The Hall–Kier alpha value is -0.800. The number of benzene rings is 1. The molecule has 2 nitrogen and oxygen atoms in total. The molecule has 0 bridgehead atoms. The zero-order valence-electron chi connectivity index (χ0n) is 9.19. The fraction of sp³-hybridized carbons (Fsp3) is 0.500. The summed E-state index contributed by atoms with van der Waals surface area (Å²) in [4.78, 5) is 0. The topological polar surface area (TPSA) is 32.3 Å². The van der Waals surface area contributed by atoms with Crippen LogP contribution in [0, 0.1) is 18.7 Å². The second kappa shape index (κ2) is 4.60. The van der Waals surface area contributed by atoms with Gasteiger partial charge in [-0.25, -0.2) is 4.39 Å². The molecule has 1 aliphatic heterocycles. The summed E-state index contributed by atoms with van der Waals surface area (Å²) in [6, 6.07) is 1.17. The van der Waals surface area contributed by atoms with E-state index in [0.29, 0.717) is 22.9 Å². The average molecular weight is 244 g/mol. The first-order valence-electron chi connectivity index (χ1n) is 5.46. The largest absolute Gasteiger partial charge is 0.505 e. The molecule has 88 valence electrons. The molecule has 2 rings (SSSR count). The van der Waals surface area contributed by atoms with Crippen LogP contribution in [0.2, 0.25) is 5.02 Å². The molecule has 0 amide bonds. The van der Waals surface area contributed by atoms with Gasteiger partial charge >= 0.3 is 0 Å². The first kappa shape index (κ1) is 11.7. The monoisotopic (exact) mass is 243 g/mol. The minimum atomic E-state index is -0.628. The molecule has 2 N–H and O–H groups in total. The lowest BCUT2D eigenvalue weighted by Crippen LogP contribution is -2.11. The highest BCUT2D eigenvalue weighted by Crippen LogP contribution is 2.33. The molecule has 1 heterocycles. The Bertz CT molecular complexity index is 376. The molecular weight excluding hydrogens is 229 g/mol. The quantitative estimate of drug-likeness (QED) is 0.837. The summed E-state index contributed by atoms with van der Waals surface area (Å²) in [5.41, 5.74) is 1.44. The second-order valence-corrected chi connectivity index (χ2v) is 4.76. The van der Waals surface area contributed by atoms with Crippen LogP contribution in [0.1, 0.15) is 17.5 Å². The van der Waals surface area contributed by atoms with Crippen LogP contribution in [-0.2, 0) is 6.42 Å². The van der Waals surface area contributed by atoms with Gasteiger partial charge in [-0.3, -0.25) is 0 Å². The fourth-order valence-electron chi connectivity index (χ4n) is 2.18. The van der Waals surface area contributed by atoms with E-state index in [0.717, 1.165) is 25.1 Å². The number of halogens is 2. The van der Waals surface area contributed by atoms with Gasteiger partial charge in [-0.05, 0) is 50.4 Å². The molecule has 1 atom stereocenters. The predicted octanol–water partition coefficient (Wildman–Crippen LogP) is 2.65. The molecule has 1 fully saturated rings. The van der Waals surface area contributed by atoms with Crippen LogP contribution in [-0.4, -0.2) is 18.2 Å². The Kier molecular flexibility index (Phi) is 3.36. The van der Waals surface area contributed by atoms with Crippen LogP contribution in [0.15, 0.2) is 6.07 Å². The van der Waals surface area contributed by atoms with E-state index < -0.39 is 5.82 Å². The van der Waals surface area contributed by atoms with Crippen molar-refractivity contribution in [2.45, 2.75) is 19.8 Å². The Morgan fingerprint density at radius 2 is 2.38 bits per heavy atom. The zero-order chi connectivity index (χ0) is 11.7. The van der Waals surface area contributed by atoms with E-state index >= 15 is 0 Å². The number of hydrogen-bond acceptors (Lipinski definition) is 2. The van der Waals surface area contributed by atoms with Gasteiger partial charge in [-0.15, -0.1) is 0 Å². The lowest BCUT2D eigenvalue weighted by Gasteiger charge is -2.14. The Morgan fingerprint density at radius 3 is 3.00 bits per heavy atom. The maximum absolute atomic E-state index is 13.3. The van der Waals surface area contributed by atoms with E-state index in [1.807, 2.05) is 6.92 Å². The lowest BCUT2D eigenvalue weighted by atomic mass is 9.94. The molecule has 1 saturated heterocycles. The van der Waals surface area contributed by atoms with Crippen LogP contribution >= 0.6 is 11.6 Å². The van der Waals surface area contributed by atoms with Gasteiger partial charge in [-0.2, -0.15) is 0 Å². The van der Waals surface area contributed by atoms with Gasteiger partial charge < -0.3 is 10.4 Å². The highest BCUT2D eigenvalue weighted by molar-refractivity contribution is 6.31. The van der Waals surface area contributed by atoms with Gasteiger partial charge in [0, 0.05) is 10.6 Å². The number of rotatable bonds is 2. The van der Waals surface area contributed by atoms with Crippen molar-refractivity contribution >= 4 is 11.6 Å². The van der Waals surface area contributed by atoms with Crippen molar-refractivity contribution in [1.29, 1.82) is 0 Å². The predicted molar refractivity (Wildman–Crippen MR) is 62.5 cm³/mol. The van der Waals surface area contributed by atoms with E-state index in [1.54, 1.807) is 0 Å². The van der Waals surface area contributed by atoms with Crippen molar-refractivity contribution in [2.24, 2.45) is 5.92 Å². The third-order valence-electron chi connectivity index (χ3n) is 3.23. The van der Waals surface area contributed by atoms with Gasteiger partial charge in [0.05, 0.1) is 0 Å². The normalized spacial score (nSPS) is 20.3.